The summed E-state index contributed by atoms with van der Waals surface area (Å²) in [5, 5.41) is 19.1. The zero-order valence-electron chi connectivity index (χ0n) is 20.8. The van der Waals surface area contributed by atoms with Gasteiger partial charge in [-0.3, -0.25) is 4.79 Å². The molecule has 3 aromatic rings. The van der Waals surface area contributed by atoms with E-state index in [-0.39, 0.29) is 18.3 Å². The maximum Gasteiger partial charge on any atom is 0.405 e. The van der Waals surface area contributed by atoms with Crippen LogP contribution >= 0.6 is 0 Å². The number of carbonyl (C=O) groups excluding carboxylic acids is 1. The Morgan fingerprint density at radius 2 is 1.92 bits per heavy atom. The molecule has 37 heavy (non-hydrogen) atoms. The first-order valence-electron chi connectivity index (χ1n) is 12.1. The standard InChI is InChI=1S/C26H29F3N4O4/c1-4-9-26(3,31-25(35)36)13-30-24(34)21-19-10-14(2)11-20(33(19)32-23(21)15-5-6-15)37-12-16-17(27)7-8-18(28)22(16)29/h7-8,10-11,15,31H,4-6,9,12-13H2,1-3H3,(H,30,34)(H,35,36). The van der Waals surface area contributed by atoms with Crippen LogP contribution in [0.15, 0.2) is 24.3 Å². The van der Waals surface area contributed by atoms with Crippen molar-refractivity contribution in [1.29, 1.82) is 0 Å². The first-order valence-corrected chi connectivity index (χ1v) is 12.1. The first kappa shape index (κ1) is 26.3. The lowest BCUT2D eigenvalue weighted by Gasteiger charge is -2.29. The Hall–Kier alpha value is -3.76. The highest BCUT2D eigenvalue weighted by Gasteiger charge is 2.34. The Kier molecular flexibility index (Phi) is 7.33. The molecule has 11 heteroatoms. The molecule has 2 aromatic heterocycles. The Morgan fingerprint density at radius 3 is 2.57 bits per heavy atom. The van der Waals surface area contributed by atoms with Crippen molar-refractivity contribution in [3.05, 3.63) is 64.1 Å². The van der Waals surface area contributed by atoms with Crippen molar-refractivity contribution in [2.75, 3.05) is 6.54 Å². The highest BCUT2D eigenvalue weighted by Crippen LogP contribution is 2.42. The van der Waals surface area contributed by atoms with Crippen molar-refractivity contribution in [1.82, 2.24) is 20.2 Å². The van der Waals surface area contributed by atoms with Gasteiger partial charge in [-0.1, -0.05) is 13.3 Å². The molecular weight excluding hydrogens is 489 g/mol. The van der Waals surface area contributed by atoms with Gasteiger partial charge in [-0.05, 0) is 56.9 Å². The number of amides is 2. The number of benzene rings is 1. The maximum atomic E-state index is 14.1. The predicted octanol–water partition coefficient (Wildman–Crippen LogP) is 5.07. The van der Waals surface area contributed by atoms with Crippen molar-refractivity contribution >= 4 is 17.5 Å². The highest BCUT2D eigenvalue weighted by molar-refractivity contribution is 6.02. The van der Waals surface area contributed by atoms with Crippen LogP contribution in [0.3, 0.4) is 0 Å². The molecule has 3 N–H and O–H groups in total. The largest absolute Gasteiger partial charge is 0.473 e. The zero-order chi connectivity index (χ0) is 26.9. The number of aryl methyl sites for hydroxylation is 1. The van der Waals surface area contributed by atoms with Crippen LogP contribution in [0.25, 0.3) is 5.52 Å². The molecule has 2 amide bonds. The SMILES string of the molecule is CCCC(C)(CNC(=O)c1c(C2CC2)nn2c(OCc3c(F)ccc(F)c3F)cc(C)cc12)NC(=O)O. The number of fused-ring (bicyclic) bond motifs is 1. The summed E-state index contributed by atoms with van der Waals surface area (Å²) in [5.74, 6) is -3.64. The molecule has 1 unspecified atom stereocenters. The molecular formula is C26H29F3N4O4. The normalized spacial score (nSPS) is 14.9. The number of rotatable bonds is 10. The number of hydrogen-bond donors (Lipinski definition) is 3. The summed E-state index contributed by atoms with van der Waals surface area (Å²) < 4.78 is 49.0. The molecule has 2 heterocycles. The minimum Gasteiger partial charge on any atom is -0.473 e. The van der Waals surface area contributed by atoms with Crippen LogP contribution in [0.1, 0.15) is 72.6 Å². The van der Waals surface area contributed by atoms with Gasteiger partial charge >= 0.3 is 6.09 Å². The van der Waals surface area contributed by atoms with Crippen molar-refractivity contribution in [2.24, 2.45) is 0 Å². The molecule has 0 radical (unpaired) electrons. The zero-order valence-corrected chi connectivity index (χ0v) is 20.8. The van der Waals surface area contributed by atoms with E-state index in [1.807, 2.05) is 6.92 Å². The quantitative estimate of drug-likeness (QED) is 0.325. The number of nitrogens with zero attached hydrogens (tertiary/aromatic N) is 2. The lowest BCUT2D eigenvalue weighted by molar-refractivity contribution is 0.0937. The van der Waals surface area contributed by atoms with Gasteiger partial charge in [-0.2, -0.15) is 9.61 Å². The molecule has 198 valence electrons. The van der Waals surface area contributed by atoms with Gasteiger partial charge in [-0.25, -0.2) is 18.0 Å². The van der Waals surface area contributed by atoms with E-state index in [0.717, 1.165) is 18.9 Å². The average Bonchev–Trinajstić information content (AvgIpc) is 3.60. The van der Waals surface area contributed by atoms with E-state index < -0.39 is 47.2 Å². The van der Waals surface area contributed by atoms with Gasteiger partial charge in [0.1, 0.15) is 12.4 Å². The molecule has 1 atom stereocenters. The molecule has 1 aliphatic carbocycles. The lowest BCUT2D eigenvalue weighted by Crippen LogP contribution is -2.53. The molecule has 1 aliphatic rings. The van der Waals surface area contributed by atoms with Gasteiger partial charge in [-0.15, -0.1) is 0 Å². The van der Waals surface area contributed by atoms with Crippen molar-refractivity contribution in [3.63, 3.8) is 0 Å². The number of ether oxygens (including phenoxy) is 1. The summed E-state index contributed by atoms with van der Waals surface area (Å²) in [6.45, 7) is 4.91. The van der Waals surface area contributed by atoms with E-state index in [2.05, 4.69) is 15.7 Å². The van der Waals surface area contributed by atoms with Gasteiger partial charge in [0.25, 0.3) is 5.91 Å². The van der Waals surface area contributed by atoms with E-state index in [1.165, 1.54) is 4.52 Å². The first-order chi connectivity index (χ1) is 17.5. The maximum absolute atomic E-state index is 14.1. The topological polar surface area (TPSA) is 105 Å². The number of hydrogen-bond acceptors (Lipinski definition) is 4. The fourth-order valence-electron chi connectivity index (χ4n) is 4.46. The van der Waals surface area contributed by atoms with Crippen LogP contribution < -0.4 is 15.4 Å². The number of nitrogens with one attached hydrogen (secondary N) is 2. The van der Waals surface area contributed by atoms with E-state index in [9.17, 15) is 27.9 Å². The second-order valence-electron chi connectivity index (χ2n) is 9.74. The van der Waals surface area contributed by atoms with Crippen LogP contribution in [0.2, 0.25) is 0 Å². The van der Waals surface area contributed by atoms with Gasteiger partial charge in [0.15, 0.2) is 11.6 Å². The fraction of sp³-hybridized carbons (Fsp3) is 0.423. The van der Waals surface area contributed by atoms with Crippen molar-refractivity contribution in [3.8, 4) is 5.88 Å². The fourth-order valence-corrected chi connectivity index (χ4v) is 4.46. The second-order valence-corrected chi connectivity index (χ2v) is 9.74. The molecule has 0 aliphatic heterocycles. The highest BCUT2D eigenvalue weighted by atomic mass is 19.2. The monoisotopic (exact) mass is 518 g/mol. The smallest absolute Gasteiger partial charge is 0.405 e. The Labute approximate surface area is 211 Å². The molecule has 1 aromatic carbocycles. The molecule has 1 fully saturated rings. The van der Waals surface area contributed by atoms with Crippen LogP contribution in [0.5, 0.6) is 5.88 Å². The summed E-state index contributed by atoms with van der Waals surface area (Å²) in [4.78, 5) is 24.7. The molecule has 4 rings (SSSR count). The van der Waals surface area contributed by atoms with Gasteiger partial charge < -0.3 is 20.5 Å². The van der Waals surface area contributed by atoms with Crippen LogP contribution in [-0.2, 0) is 6.61 Å². The molecule has 1 saturated carbocycles. The Balaban J connectivity index is 1.67. The van der Waals surface area contributed by atoms with Crippen LogP contribution in [-0.4, -0.2) is 38.8 Å². The Morgan fingerprint density at radius 1 is 1.22 bits per heavy atom. The van der Waals surface area contributed by atoms with E-state index in [1.54, 1.807) is 26.0 Å². The van der Waals surface area contributed by atoms with Gasteiger partial charge in [0.05, 0.1) is 27.9 Å². The minimum atomic E-state index is -1.33. The number of carbonyl (C=O) groups is 2. The van der Waals surface area contributed by atoms with Crippen molar-refractivity contribution in [2.45, 2.75) is 64.5 Å². The van der Waals surface area contributed by atoms with Crippen LogP contribution in [0.4, 0.5) is 18.0 Å². The molecule has 0 spiro atoms. The Bertz CT molecular complexity index is 1360. The summed E-state index contributed by atoms with van der Waals surface area (Å²) in [6.07, 6.45) is 1.76. The molecule has 0 saturated heterocycles. The second kappa shape index (κ2) is 10.3. The number of aromatic nitrogens is 2. The number of halogens is 3. The number of carboxylic acid groups (broad SMARTS) is 1. The molecule has 0 bridgehead atoms. The van der Waals surface area contributed by atoms with Gasteiger partial charge in [0.2, 0.25) is 5.88 Å². The van der Waals surface area contributed by atoms with Gasteiger partial charge in [0, 0.05) is 18.5 Å². The minimum absolute atomic E-state index is 0.0702. The molecule has 8 nitrogen and oxygen atoms in total. The van der Waals surface area contributed by atoms with E-state index in [4.69, 9.17) is 4.74 Å². The third-order valence-corrected chi connectivity index (χ3v) is 6.42. The predicted molar refractivity (Wildman–Crippen MR) is 129 cm³/mol. The van der Waals surface area contributed by atoms with E-state index in [0.29, 0.717) is 41.2 Å². The van der Waals surface area contributed by atoms with Crippen LogP contribution in [0, 0.1) is 24.4 Å². The summed E-state index contributed by atoms with van der Waals surface area (Å²) >= 11 is 0. The third-order valence-electron chi connectivity index (χ3n) is 6.42. The summed E-state index contributed by atoms with van der Waals surface area (Å²) in [7, 11) is 0. The summed E-state index contributed by atoms with van der Waals surface area (Å²) in [5.41, 5.74) is 0.652. The summed E-state index contributed by atoms with van der Waals surface area (Å²) in [6, 6.07) is 4.90. The third kappa shape index (κ3) is 5.65. The lowest BCUT2D eigenvalue weighted by atomic mass is 9.96. The van der Waals surface area contributed by atoms with E-state index >= 15 is 0 Å². The number of pyridine rings is 1. The van der Waals surface area contributed by atoms with Crippen molar-refractivity contribution < 1.29 is 32.6 Å². The average molecular weight is 519 g/mol.